The van der Waals surface area contributed by atoms with Gasteiger partial charge in [-0.25, -0.2) is 4.98 Å². The zero-order valence-corrected chi connectivity index (χ0v) is 17.7. The first-order valence-electron chi connectivity index (χ1n) is 8.72. The number of nitrogens with zero attached hydrogens (tertiary/aromatic N) is 1. The average molecular weight is 435 g/mol. The Labute approximate surface area is 177 Å². The summed E-state index contributed by atoms with van der Waals surface area (Å²) in [6.45, 7) is 5.02. The Balaban J connectivity index is 0.00000182. The molecule has 1 aromatic heterocycles. The molecule has 5 nitrogen and oxygen atoms in total. The predicted molar refractivity (Wildman–Crippen MR) is 113 cm³/mol. The molecular weight excluding hydrogens is 409 g/mol. The Kier molecular flexibility index (Phi) is 9.60. The van der Waals surface area contributed by atoms with E-state index in [1.165, 1.54) is 0 Å². The number of aryl methyl sites for hydroxylation is 1. The summed E-state index contributed by atoms with van der Waals surface area (Å²) in [4.78, 5) is 16.4. The fourth-order valence-corrected chi connectivity index (χ4v) is 3.13. The van der Waals surface area contributed by atoms with Gasteiger partial charge in [-0.05, 0) is 55.6 Å². The molecule has 8 heteroatoms. The molecular formula is C19H26Cl3N3O2. The highest BCUT2D eigenvalue weighted by Crippen LogP contribution is 2.26. The molecule has 0 radical (unpaired) electrons. The topological polar surface area (TPSA) is 67.2 Å². The van der Waals surface area contributed by atoms with Crippen molar-refractivity contribution < 1.29 is 9.21 Å². The van der Waals surface area contributed by atoms with Gasteiger partial charge < -0.3 is 15.1 Å². The molecule has 0 aliphatic carbocycles. The van der Waals surface area contributed by atoms with Crippen LogP contribution in [0.1, 0.15) is 32.1 Å². The quantitative estimate of drug-likeness (QED) is 0.712. The number of aromatic nitrogens is 1. The largest absolute Gasteiger partial charge is 0.441 e. The maximum Gasteiger partial charge on any atom is 0.220 e. The van der Waals surface area contributed by atoms with E-state index in [9.17, 15) is 4.79 Å². The van der Waals surface area contributed by atoms with E-state index in [2.05, 4.69) is 22.5 Å². The van der Waals surface area contributed by atoms with Gasteiger partial charge in [-0.3, -0.25) is 4.79 Å². The van der Waals surface area contributed by atoms with Crippen LogP contribution >= 0.6 is 36.4 Å². The zero-order chi connectivity index (χ0) is 17.7. The number of amides is 1. The third kappa shape index (κ3) is 7.00. The number of carbonyl (C=O) groups excluding carboxylic acids is 1. The van der Waals surface area contributed by atoms with E-state index < -0.39 is 0 Å². The van der Waals surface area contributed by atoms with Crippen LogP contribution in [0.4, 0.5) is 0 Å². The number of piperidine rings is 1. The smallest absolute Gasteiger partial charge is 0.220 e. The van der Waals surface area contributed by atoms with Crippen LogP contribution in [0.2, 0.25) is 5.02 Å². The molecule has 1 amide bonds. The fraction of sp³-hybridized carbons (Fsp3) is 0.474. The number of oxazole rings is 1. The Morgan fingerprint density at radius 1 is 1.26 bits per heavy atom. The van der Waals surface area contributed by atoms with Gasteiger partial charge in [0.1, 0.15) is 0 Å². The van der Waals surface area contributed by atoms with Crippen molar-refractivity contribution in [2.75, 3.05) is 19.6 Å². The molecule has 0 atom stereocenters. The third-order valence-corrected chi connectivity index (χ3v) is 5.02. The van der Waals surface area contributed by atoms with Crippen LogP contribution in [0, 0.1) is 5.41 Å². The second kappa shape index (κ2) is 10.9. The van der Waals surface area contributed by atoms with Crippen LogP contribution in [-0.4, -0.2) is 30.5 Å². The molecule has 2 aromatic rings. The molecule has 2 heterocycles. The van der Waals surface area contributed by atoms with Crippen molar-refractivity contribution in [2.24, 2.45) is 5.41 Å². The lowest BCUT2D eigenvalue weighted by Crippen LogP contribution is -2.42. The zero-order valence-electron chi connectivity index (χ0n) is 15.3. The fourth-order valence-electron chi connectivity index (χ4n) is 3.00. The number of benzene rings is 1. The summed E-state index contributed by atoms with van der Waals surface area (Å²) in [7, 11) is 0. The monoisotopic (exact) mass is 433 g/mol. The Hall–Kier alpha value is -1.27. The first kappa shape index (κ1) is 23.8. The van der Waals surface area contributed by atoms with Crippen LogP contribution < -0.4 is 10.6 Å². The lowest BCUT2D eigenvalue weighted by atomic mass is 9.81. The number of carbonyl (C=O) groups is 1. The molecule has 1 aliphatic heterocycles. The first-order valence-corrected chi connectivity index (χ1v) is 9.10. The van der Waals surface area contributed by atoms with Gasteiger partial charge in [-0.2, -0.15) is 0 Å². The average Bonchev–Trinajstić information content (AvgIpc) is 3.08. The van der Waals surface area contributed by atoms with Crippen LogP contribution in [0.15, 0.2) is 34.9 Å². The lowest BCUT2D eigenvalue weighted by Gasteiger charge is -2.34. The van der Waals surface area contributed by atoms with Crippen molar-refractivity contribution in [3.63, 3.8) is 0 Å². The minimum Gasteiger partial charge on any atom is -0.441 e. The Morgan fingerprint density at radius 3 is 2.59 bits per heavy atom. The van der Waals surface area contributed by atoms with Gasteiger partial charge in [-0.15, -0.1) is 24.8 Å². The summed E-state index contributed by atoms with van der Waals surface area (Å²) < 4.78 is 5.73. The van der Waals surface area contributed by atoms with E-state index in [4.69, 9.17) is 16.0 Å². The summed E-state index contributed by atoms with van der Waals surface area (Å²) in [5.41, 5.74) is 1.12. The molecule has 0 bridgehead atoms. The highest BCUT2D eigenvalue weighted by molar-refractivity contribution is 6.30. The second-order valence-electron chi connectivity index (χ2n) is 6.96. The maximum atomic E-state index is 12.1. The van der Waals surface area contributed by atoms with Crippen LogP contribution in [0.3, 0.4) is 0 Å². The molecule has 0 unspecified atom stereocenters. The van der Waals surface area contributed by atoms with Crippen molar-refractivity contribution >= 4 is 42.3 Å². The van der Waals surface area contributed by atoms with Gasteiger partial charge >= 0.3 is 0 Å². The third-order valence-electron chi connectivity index (χ3n) is 4.77. The summed E-state index contributed by atoms with van der Waals surface area (Å²) in [6.07, 6.45) is 4.76. The number of nitrogens with one attached hydrogen (secondary N) is 2. The van der Waals surface area contributed by atoms with E-state index in [1.807, 2.05) is 24.3 Å². The van der Waals surface area contributed by atoms with Crippen molar-refractivity contribution in [2.45, 2.75) is 32.6 Å². The summed E-state index contributed by atoms with van der Waals surface area (Å²) in [6, 6.07) is 7.40. The minimum absolute atomic E-state index is 0. The number of hydrogen-bond acceptors (Lipinski definition) is 4. The molecule has 150 valence electrons. The SMILES string of the molecule is CC1(CNC(=O)CCc2ncc(-c3ccc(Cl)cc3)o2)CCNCC1.Cl.Cl. The van der Waals surface area contributed by atoms with Crippen molar-refractivity contribution in [1.82, 2.24) is 15.6 Å². The summed E-state index contributed by atoms with van der Waals surface area (Å²) in [5.74, 6) is 1.31. The Morgan fingerprint density at radius 2 is 1.93 bits per heavy atom. The van der Waals surface area contributed by atoms with Crippen molar-refractivity contribution in [1.29, 1.82) is 0 Å². The molecule has 1 aliphatic rings. The highest BCUT2D eigenvalue weighted by atomic mass is 35.5. The standard InChI is InChI=1S/C19H24ClN3O2.2ClH/c1-19(8-10-21-11-9-19)13-23-17(24)6-7-18-22-12-16(25-18)14-2-4-15(20)5-3-14;;/h2-5,12,21H,6-11,13H2,1H3,(H,23,24);2*1H. The van der Waals surface area contributed by atoms with Gasteiger partial charge in [-0.1, -0.05) is 18.5 Å². The normalized spacial score (nSPS) is 15.3. The molecule has 2 N–H and O–H groups in total. The molecule has 1 aromatic carbocycles. The maximum absolute atomic E-state index is 12.1. The summed E-state index contributed by atoms with van der Waals surface area (Å²) in [5, 5.41) is 7.09. The van der Waals surface area contributed by atoms with Gasteiger partial charge in [0.25, 0.3) is 0 Å². The molecule has 27 heavy (non-hydrogen) atoms. The first-order chi connectivity index (χ1) is 12.0. The lowest BCUT2D eigenvalue weighted by molar-refractivity contribution is -0.121. The Bertz CT molecular complexity index is 713. The van der Waals surface area contributed by atoms with Crippen molar-refractivity contribution in [3.8, 4) is 11.3 Å². The van der Waals surface area contributed by atoms with Gasteiger partial charge in [0.05, 0.1) is 6.20 Å². The summed E-state index contributed by atoms with van der Waals surface area (Å²) >= 11 is 5.89. The van der Waals surface area contributed by atoms with E-state index in [-0.39, 0.29) is 36.1 Å². The molecule has 1 fully saturated rings. The number of hydrogen-bond donors (Lipinski definition) is 2. The molecule has 3 rings (SSSR count). The van der Waals surface area contributed by atoms with E-state index >= 15 is 0 Å². The van der Waals surface area contributed by atoms with E-state index in [0.717, 1.165) is 38.0 Å². The van der Waals surface area contributed by atoms with Gasteiger partial charge in [0, 0.05) is 30.0 Å². The van der Waals surface area contributed by atoms with E-state index in [0.29, 0.717) is 29.5 Å². The predicted octanol–water partition coefficient (Wildman–Crippen LogP) is 4.28. The van der Waals surface area contributed by atoms with Gasteiger partial charge in [0.2, 0.25) is 5.91 Å². The minimum atomic E-state index is 0. The molecule has 1 saturated heterocycles. The number of halogens is 3. The molecule has 0 saturated carbocycles. The van der Waals surface area contributed by atoms with Gasteiger partial charge in [0.15, 0.2) is 11.7 Å². The van der Waals surface area contributed by atoms with Crippen LogP contribution in [0.5, 0.6) is 0 Å². The van der Waals surface area contributed by atoms with Crippen molar-refractivity contribution in [3.05, 3.63) is 41.4 Å². The van der Waals surface area contributed by atoms with Crippen LogP contribution in [-0.2, 0) is 11.2 Å². The molecule has 0 spiro atoms. The highest BCUT2D eigenvalue weighted by Gasteiger charge is 2.26. The second-order valence-corrected chi connectivity index (χ2v) is 7.40. The van der Waals surface area contributed by atoms with E-state index in [1.54, 1.807) is 6.20 Å². The van der Waals surface area contributed by atoms with Crippen LogP contribution in [0.25, 0.3) is 11.3 Å². The number of rotatable bonds is 6.